The van der Waals surface area contributed by atoms with Crippen molar-refractivity contribution in [3.63, 3.8) is 0 Å². The van der Waals surface area contributed by atoms with Gasteiger partial charge in [-0.2, -0.15) is 0 Å². The lowest BCUT2D eigenvalue weighted by molar-refractivity contribution is -0.117. The molecule has 0 saturated carbocycles. The van der Waals surface area contributed by atoms with E-state index in [1.54, 1.807) is 20.8 Å². The Balaban J connectivity index is 5.34. The third kappa shape index (κ3) is 12.8. The molecule has 0 aromatic rings. The lowest BCUT2D eigenvalue weighted by Crippen LogP contribution is -2.48. The summed E-state index contributed by atoms with van der Waals surface area (Å²) in [6, 6.07) is -0.577. The molecule has 0 rings (SSSR count). The Labute approximate surface area is 228 Å². The number of amides is 2. The topological polar surface area (TPSA) is 96.9 Å². The van der Waals surface area contributed by atoms with Gasteiger partial charge in [0.05, 0.1) is 12.1 Å². The maximum Gasteiger partial charge on any atom is 0.407 e. The summed E-state index contributed by atoms with van der Waals surface area (Å²) >= 11 is 0. The highest BCUT2D eigenvalue weighted by atomic mass is 28.4. The van der Waals surface area contributed by atoms with Gasteiger partial charge in [-0.15, -0.1) is 0 Å². The van der Waals surface area contributed by atoms with Crippen LogP contribution in [-0.4, -0.2) is 56.3 Å². The molecule has 0 aliphatic heterocycles. The zero-order valence-electron chi connectivity index (χ0n) is 25.7. The minimum atomic E-state index is -1.95. The van der Waals surface area contributed by atoms with Crippen molar-refractivity contribution >= 4 is 20.3 Å². The van der Waals surface area contributed by atoms with E-state index in [1.165, 1.54) is 0 Å². The van der Waals surface area contributed by atoms with Crippen LogP contribution >= 0.6 is 0 Å². The Hall–Kier alpha value is -1.38. The quantitative estimate of drug-likeness (QED) is 0.108. The number of unbranched alkanes of at least 4 members (excludes halogenated alkanes) is 1. The molecule has 0 bridgehead atoms. The van der Waals surface area contributed by atoms with Crippen LogP contribution in [0.15, 0.2) is 12.2 Å². The molecule has 0 radical (unpaired) electrons. The Morgan fingerprint density at radius 1 is 1.00 bits per heavy atom. The maximum atomic E-state index is 12.6. The number of hydrogen-bond donors (Lipinski definition) is 3. The smallest absolute Gasteiger partial charge is 0.407 e. The zero-order valence-corrected chi connectivity index (χ0v) is 26.7. The Morgan fingerprint density at radius 2 is 1.54 bits per heavy atom. The number of aliphatic hydroxyl groups excluding tert-OH is 1. The fourth-order valence-corrected chi connectivity index (χ4v) is 10.7. The average Bonchev–Trinajstić information content (AvgIpc) is 2.74. The van der Waals surface area contributed by atoms with Crippen molar-refractivity contribution in [3.8, 4) is 0 Å². The molecule has 218 valence electrons. The van der Waals surface area contributed by atoms with Gasteiger partial charge in [0.25, 0.3) is 0 Å². The Morgan fingerprint density at radius 3 is 2.00 bits per heavy atom. The number of ether oxygens (including phenoxy) is 1. The second-order valence-corrected chi connectivity index (χ2v) is 18.0. The summed E-state index contributed by atoms with van der Waals surface area (Å²) in [4.78, 5) is 24.9. The van der Waals surface area contributed by atoms with E-state index < -0.39 is 32.2 Å². The highest BCUT2D eigenvalue weighted by Gasteiger charge is 2.44. The predicted octanol–water partition coefficient (Wildman–Crippen LogP) is 6.71. The monoisotopic (exact) mass is 542 g/mol. The number of hydrogen-bond acceptors (Lipinski definition) is 5. The van der Waals surface area contributed by atoms with Gasteiger partial charge in [-0.3, -0.25) is 4.79 Å². The van der Waals surface area contributed by atoms with Gasteiger partial charge in [0.2, 0.25) is 5.91 Å². The third-order valence-electron chi connectivity index (χ3n) is 7.09. The number of carbonyl (C=O) groups is 2. The number of alkyl carbamates (subject to hydrolysis) is 1. The van der Waals surface area contributed by atoms with Gasteiger partial charge in [-0.05, 0) is 62.6 Å². The molecule has 3 atom stereocenters. The minimum Gasteiger partial charge on any atom is -0.444 e. The third-order valence-corrected chi connectivity index (χ3v) is 13.2. The summed E-state index contributed by atoms with van der Waals surface area (Å²) in [7, 11) is -1.95. The molecule has 0 spiro atoms. The second kappa shape index (κ2) is 16.6. The molecule has 3 N–H and O–H groups in total. The van der Waals surface area contributed by atoms with Gasteiger partial charge < -0.3 is 24.9 Å². The van der Waals surface area contributed by atoms with E-state index in [0.29, 0.717) is 41.8 Å². The fourth-order valence-electron chi connectivity index (χ4n) is 5.25. The molecule has 0 aliphatic carbocycles. The minimum absolute atomic E-state index is 0.0751. The van der Waals surface area contributed by atoms with Crippen LogP contribution in [0.3, 0.4) is 0 Å². The van der Waals surface area contributed by atoms with E-state index in [9.17, 15) is 14.7 Å². The van der Waals surface area contributed by atoms with Crippen LogP contribution in [0.2, 0.25) is 16.6 Å². The molecule has 2 amide bonds. The van der Waals surface area contributed by atoms with Crippen LogP contribution in [0.4, 0.5) is 4.79 Å². The number of aliphatic hydroxyl groups is 1. The predicted molar refractivity (Wildman–Crippen MR) is 156 cm³/mol. The van der Waals surface area contributed by atoms with E-state index in [1.807, 2.05) is 0 Å². The summed E-state index contributed by atoms with van der Waals surface area (Å²) in [6.45, 7) is 28.3. The largest absolute Gasteiger partial charge is 0.444 e. The highest BCUT2D eigenvalue weighted by Crippen LogP contribution is 2.42. The average molecular weight is 543 g/mol. The Bertz CT molecular complexity index is 681. The van der Waals surface area contributed by atoms with E-state index in [2.05, 4.69) is 72.6 Å². The van der Waals surface area contributed by atoms with Crippen molar-refractivity contribution in [1.29, 1.82) is 0 Å². The van der Waals surface area contributed by atoms with Crippen LogP contribution in [-0.2, 0) is 14.0 Å². The van der Waals surface area contributed by atoms with Crippen LogP contribution in [0, 0.1) is 5.92 Å². The fraction of sp³-hybridized carbons (Fsp3) is 0.862. The van der Waals surface area contributed by atoms with E-state index >= 15 is 0 Å². The van der Waals surface area contributed by atoms with Crippen molar-refractivity contribution in [3.05, 3.63) is 12.2 Å². The first kappa shape index (κ1) is 35.6. The zero-order chi connectivity index (χ0) is 29.0. The summed E-state index contributed by atoms with van der Waals surface area (Å²) in [5.74, 6) is -0.0817. The first-order chi connectivity index (χ1) is 17.0. The van der Waals surface area contributed by atoms with E-state index in [-0.39, 0.29) is 18.2 Å². The van der Waals surface area contributed by atoms with Crippen LogP contribution < -0.4 is 10.6 Å². The molecule has 8 heteroatoms. The molecule has 0 saturated heterocycles. The molecular weight excluding hydrogens is 484 g/mol. The Kier molecular flexibility index (Phi) is 15.9. The van der Waals surface area contributed by atoms with Crippen LogP contribution in [0.5, 0.6) is 0 Å². The molecule has 7 nitrogen and oxygen atoms in total. The molecule has 0 heterocycles. The lowest BCUT2D eigenvalue weighted by Gasteiger charge is -2.42. The molecule has 0 aliphatic rings. The highest BCUT2D eigenvalue weighted by molar-refractivity contribution is 6.77. The van der Waals surface area contributed by atoms with Crippen molar-refractivity contribution in [1.82, 2.24) is 10.6 Å². The summed E-state index contributed by atoms with van der Waals surface area (Å²) in [5, 5.41) is 16.7. The summed E-state index contributed by atoms with van der Waals surface area (Å²) < 4.78 is 12.2. The summed E-state index contributed by atoms with van der Waals surface area (Å²) in [5.41, 5.74) is 1.19. The van der Waals surface area contributed by atoms with Crippen molar-refractivity contribution in [2.75, 3.05) is 13.2 Å². The molecule has 0 fully saturated rings. The van der Waals surface area contributed by atoms with Gasteiger partial charge in [0, 0.05) is 25.1 Å². The second-order valence-electron chi connectivity index (χ2n) is 12.5. The van der Waals surface area contributed by atoms with Gasteiger partial charge in [0.15, 0.2) is 8.32 Å². The molecular formula is C29H58N2O5Si. The molecule has 0 aromatic carbocycles. The van der Waals surface area contributed by atoms with Crippen LogP contribution in [0.1, 0.15) is 108 Å². The molecule has 0 unspecified atom stereocenters. The lowest BCUT2D eigenvalue weighted by atomic mass is 9.92. The van der Waals surface area contributed by atoms with E-state index in [0.717, 1.165) is 19.3 Å². The van der Waals surface area contributed by atoms with Gasteiger partial charge in [0.1, 0.15) is 5.60 Å². The first-order valence-corrected chi connectivity index (χ1v) is 16.4. The number of nitrogens with one attached hydrogen (secondary N) is 2. The number of rotatable bonds is 17. The maximum absolute atomic E-state index is 12.6. The standard InChI is InChI=1S/C29H58N2O5Si/c1-13-14-16-30-27(33)24(9)19-26(32)25(31-28(34)36-29(10,11)12)18-23(8)15-17-35-37(20(2)3,21(4)5)22(6)7/h20-23,25-26,32H,9,13-19H2,1-8,10-12H3,(H,30,33)(H,31,34)/t23-,25-,26-/m0/s1. The van der Waals surface area contributed by atoms with Gasteiger partial charge >= 0.3 is 6.09 Å². The van der Waals surface area contributed by atoms with E-state index in [4.69, 9.17) is 9.16 Å². The van der Waals surface area contributed by atoms with Crippen molar-refractivity contribution in [2.45, 2.75) is 143 Å². The molecule has 37 heavy (non-hydrogen) atoms. The normalized spacial score (nSPS) is 15.0. The SMILES string of the molecule is C=C(C[C@H](O)[C@H](C[C@@H](C)CCO[Si](C(C)C)(C(C)C)C(C)C)NC(=O)OC(C)(C)C)C(=O)NCCCC. The summed E-state index contributed by atoms with van der Waals surface area (Å²) in [6.07, 6.45) is 1.75. The first-order valence-electron chi connectivity index (χ1n) is 14.2. The molecule has 0 aromatic heterocycles. The van der Waals surface area contributed by atoms with Gasteiger partial charge in [-0.1, -0.05) is 68.4 Å². The van der Waals surface area contributed by atoms with Gasteiger partial charge in [-0.25, -0.2) is 4.79 Å². The number of carbonyl (C=O) groups excluding carboxylic acids is 2. The van der Waals surface area contributed by atoms with Crippen molar-refractivity contribution in [2.24, 2.45) is 5.92 Å². The van der Waals surface area contributed by atoms with Crippen LogP contribution in [0.25, 0.3) is 0 Å². The van der Waals surface area contributed by atoms with Crippen molar-refractivity contribution < 1.29 is 23.9 Å².